The Morgan fingerprint density at radius 1 is 1.30 bits per heavy atom. The zero-order chi connectivity index (χ0) is 13.7. The van der Waals surface area contributed by atoms with Crippen molar-refractivity contribution in [2.45, 2.75) is 31.7 Å². The largest absolute Gasteiger partial charge is 0.353 e. The summed E-state index contributed by atoms with van der Waals surface area (Å²) >= 11 is 11.9. The van der Waals surface area contributed by atoms with Crippen molar-refractivity contribution in [3.63, 3.8) is 0 Å². The van der Waals surface area contributed by atoms with Crippen LogP contribution in [0, 0.1) is 0 Å². The SMILES string of the molecule is Cl.O=C(CCc1ccc(Cl)cc1Cl)NC1CCNCC1. The Morgan fingerprint density at radius 3 is 2.65 bits per heavy atom. The highest BCUT2D eigenvalue weighted by molar-refractivity contribution is 6.35. The molecule has 2 N–H and O–H groups in total. The molecule has 0 saturated carbocycles. The Morgan fingerprint density at radius 2 is 2.00 bits per heavy atom. The topological polar surface area (TPSA) is 41.1 Å². The summed E-state index contributed by atoms with van der Waals surface area (Å²) in [5.41, 5.74) is 0.964. The molecule has 1 aliphatic heterocycles. The fourth-order valence-electron chi connectivity index (χ4n) is 2.24. The van der Waals surface area contributed by atoms with Gasteiger partial charge < -0.3 is 10.6 Å². The molecule has 0 bridgehead atoms. The first-order valence-electron chi connectivity index (χ1n) is 6.59. The van der Waals surface area contributed by atoms with E-state index in [1.165, 1.54) is 0 Å². The first-order valence-corrected chi connectivity index (χ1v) is 7.35. The maximum atomic E-state index is 11.9. The molecule has 1 heterocycles. The quantitative estimate of drug-likeness (QED) is 0.886. The number of benzene rings is 1. The lowest BCUT2D eigenvalue weighted by Crippen LogP contribution is -2.42. The van der Waals surface area contributed by atoms with Gasteiger partial charge in [-0.15, -0.1) is 12.4 Å². The van der Waals surface area contributed by atoms with Crippen molar-refractivity contribution >= 4 is 41.5 Å². The first-order chi connectivity index (χ1) is 9.15. The van der Waals surface area contributed by atoms with Gasteiger partial charge in [0.2, 0.25) is 5.91 Å². The van der Waals surface area contributed by atoms with Crippen molar-refractivity contribution in [2.24, 2.45) is 0 Å². The molecule has 1 saturated heterocycles. The molecule has 0 aromatic heterocycles. The predicted molar refractivity (Wildman–Crippen MR) is 86.1 cm³/mol. The summed E-state index contributed by atoms with van der Waals surface area (Å²) in [6, 6.07) is 5.70. The van der Waals surface area contributed by atoms with Gasteiger partial charge in [0, 0.05) is 22.5 Å². The van der Waals surface area contributed by atoms with Crippen LogP contribution < -0.4 is 10.6 Å². The number of aryl methyl sites for hydroxylation is 1. The van der Waals surface area contributed by atoms with Crippen LogP contribution >= 0.6 is 35.6 Å². The third-order valence-electron chi connectivity index (χ3n) is 3.34. The zero-order valence-electron chi connectivity index (χ0n) is 11.1. The average molecular weight is 338 g/mol. The molecule has 0 atom stereocenters. The lowest BCUT2D eigenvalue weighted by atomic mass is 10.1. The molecule has 2 rings (SSSR count). The summed E-state index contributed by atoms with van der Waals surface area (Å²) in [5.74, 6) is 0.0953. The number of amides is 1. The van der Waals surface area contributed by atoms with E-state index in [2.05, 4.69) is 10.6 Å². The summed E-state index contributed by atoms with van der Waals surface area (Å²) in [7, 11) is 0. The Labute approximate surface area is 135 Å². The molecule has 0 aliphatic carbocycles. The highest BCUT2D eigenvalue weighted by Gasteiger charge is 2.15. The van der Waals surface area contributed by atoms with E-state index in [-0.39, 0.29) is 18.3 Å². The second-order valence-corrected chi connectivity index (χ2v) is 5.67. The molecule has 0 unspecified atom stereocenters. The van der Waals surface area contributed by atoms with E-state index in [9.17, 15) is 4.79 Å². The number of rotatable bonds is 4. The molecule has 1 aliphatic rings. The minimum absolute atomic E-state index is 0. The molecule has 6 heteroatoms. The van der Waals surface area contributed by atoms with Crippen LogP contribution in [0.5, 0.6) is 0 Å². The third kappa shape index (κ3) is 5.49. The van der Waals surface area contributed by atoms with E-state index >= 15 is 0 Å². The number of hydrogen-bond donors (Lipinski definition) is 2. The number of carbonyl (C=O) groups is 1. The first kappa shape index (κ1) is 17.6. The van der Waals surface area contributed by atoms with Gasteiger partial charge in [-0.1, -0.05) is 29.3 Å². The molecule has 1 aromatic carbocycles. The highest BCUT2D eigenvalue weighted by Crippen LogP contribution is 2.22. The molecule has 1 aromatic rings. The average Bonchev–Trinajstić information content (AvgIpc) is 2.39. The van der Waals surface area contributed by atoms with Crippen molar-refractivity contribution in [1.82, 2.24) is 10.6 Å². The van der Waals surface area contributed by atoms with E-state index in [0.717, 1.165) is 31.5 Å². The highest BCUT2D eigenvalue weighted by atomic mass is 35.5. The van der Waals surface area contributed by atoms with Crippen LogP contribution in [-0.4, -0.2) is 25.0 Å². The van der Waals surface area contributed by atoms with Crippen LogP contribution in [0.4, 0.5) is 0 Å². The fourth-order valence-corrected chi connectivity index (χ4v) is 2.74. The molecular formula is C14H19Cl3N2O. The van der Waals surface area contributed by atoms with Gasteiger partial charge in [-0.25, -0.2) is 0 Å². The van der Waals surface area contributed by atoms with Gasteiger partial charge in [-0.3, -0.25) is 4.79 Å². The summed E-state index contributed by atoms with van der Waals surface area (Å²) in [5, 5.41) is 7.59. The summed E-state index contributed by atoms with van der Waals surface area (Å²) < 4.78 is 0. The van der Waals surface area contributed by atoms with Crippen molar-refractivity contribution in [3.8, 4) is 0 Å². The summed E-state index contributed by atoms with van der Waals surface area (Å²) in [4.78, 5) is 11.9. The van der Waals surface area contributed by atoms with Gasteiger partial charge in [0.05, 0.1) is 0 Å². The van der Waals surface area contributed by atoms with E-state index in [4.69, 9.17) is 23.2 Å². The molecule has 112 valence electrons. The maximum Gasteiger partial charge on any atom is 0.220 e. The molecule has 3 nitrogen and oxygen atoms in total. The number of halogens is 3. The van der Waals surface area contributed by atoms with Gasteiger partial charge in [-0.2, -0.15) is 0 Å². The van der Waals surface area contributed by atoms with Gasteiger partial charge in [0.1, 0.15) is 0 Å². The molecule has 1 amide bonds. The molecule has 0 radical (unpaired) electrons. The smallest absolute Gasteiger partial charge is 0.220 e. The lowest BCUT2D eigenvalue weighted by Gasteiger charge is -2.23. The second kappa shape index (κ2) is 8.73. The van der Waals surface area contributed by atoms with Crippen LogP contribution in [0.1, 0.15) is 24.8 Å². The monoisotopic (exact) mass is 336 g/mol. The maximum absolute atomic E-state index is 11.9. The van der Waals surface area contributed by atoms with Gasteiger partial charge in [0.25, 0.3) is 0 Å². The van der Waals surface area contributed by atoms with Crippen molar-refractivity contribution in [2.75, 3.05) is 13.1 Å². The fraction of sp³-hybridized carbons (Fsp3) is 0.500. The normalized spacial score (nSPS) is 15.5. The minimum Gasteiger partial charge on any atom is -0.353 e. The van der Waals surface area contributed by atoms with Gasteiger partial charge in [0.15, 0.2) is 0 Å². The standard InChI is InChI=1S/C14H18Cl2N2O.ClH/c15-11-3-1-10(13(16)9-11)2-4-14(19)18-12-5-7-17-8-6-12;/h1,3,9,12,17H,2,4-8H2,(H,18,19);1H. The Balaban J connectivity index is 0.00000200. The number of carbonyl (C=O) groups excluding carboxylic acids is 1. The van der Waals surface area contributed by atoms with Crippen LogP contribution in [0.25, 0.3) is 0 Å². The number of nitrogens with one attached hydrogen (secondary N) is 2. The van der Waals surface area contributed by atoms with Gasteiger partial charge >= 0.3 is 0 Å². The van der Waals surface area contributed by atoms with E-state index < -0.39 is 0 Å². The Hall–Kier alpha value is -0.480. The molecule has 20 heavy (non-hydrogen) atoms. The van der Waals surface area contributed by atoms with Crippen molar-refractivity contribution < 1.29 is 4.79 Å². The molecule has 1 fully saturated rings. The van der Waals surface area contributed by atoms with E-state index in [0.29, 0.717) is 28.9 Å². The second-order valence-electron chi connectivity index (χ2n) is 4.83. The van der Waals surface area contributed by atoms with Crippen LogP contribution in [0.2, 0.25) is 10.0 Å². The Kier molecular flexibility index (Phi) is 7.67. The van der Waals surface area contributed by atoms with E-state index in [1.807, 2.05) is 6.07 Å². The molecule has 0 spiro atoms. The lowest BCUT2D eigenvalue weighted by molar-refractivity contribution is -0.121. The van der Waals surface area contributed by atoms with E-state index in [1.54, 1.807) is 12.1 Å². The van der Waals surface area contributed by atoms with Crippen LogP contribution in [-0.2, 0) is 11.2 Å². The van der Waals surface area contributed by atoms with Crippen LogP contribution in [0.3, 0.4) is 0 Å². The summed E-state index contributed by atoms with van der Waals surface area (Å²) in [6.07, 6.45) is 3.12. The number of hydrogen-bond acceptors (Lipinski definition) is 2. The van der Waals surface area contributed by atoms with Crippen LogP contribution in [0.15, 0.2) is 18.2 Å². The Bertz CT molecular complexity index is 448. The van der Waals surface area contributed by atoms with Crippen molar-refractivity contribution in [1.29, 1.82) is 0 Å². The summed E-state index contributed by atoms with van der Waals surface area (Å²) in [6.45, 7) is 1.96. The number of piperidine rings is 1. The predicted octanol–water partition coefficient (Wildman–Crippen LogP) is 3.22. The molecular weight excluding hydrogens is 319 g/mol. The third-order valence-corrected chi connectivity index (χ3v) is 3.93. The van der Waals surface area contributed by atoms with Crippen molar-refractivity contribution in [3.05, 3.63) is 33.8 Å². The van der Waals surface area contributed by atoms with Gasteiger partial charge in [-0.05, 0) is 50.0 Å². The zero-order valence-corrected chi connectivity index (χ0v) is 13.5. The minimum atomic E-state index is 0.